The van der Waals surface area contributed by atoms with Gasteiger partial charge in [0, 0.05) is 0 Å². The van der Waals surface area contributed by atoms with E-state index in [2.05, 4.69) is 0 Å². The Morgan fingerprint density at radius 2 is 1.54 bits per heavy atom. The van der Waals surface area contributed by atoms with Crippen LogP contribution in [0.25, 0.3) is 0 Å². The van der Waals surface area contributed by atoms with Gasteiger partial charge in [0.15, 0.2) is 0 Å². The van der Waals surface area contributed by atoms with Gasteiger partial charge in [0.2, 0.25) is 0 Å². The fraction of sp³-hybridized carbons (Fsp3) is 1.00. The van der Waals surface area contributed by atoms with E-state index in [4.69, 9.17) is 9.78 Å². The third kappa shape index (κ3) is 5.24. The maximum Gasteiger partial charge on any atom is 0.124 e. The molecule has 0 spiro atoms. The summed E-state index contributed by atoms with van der Waals surface area (Å²) in [6.45, 7) is 11.2. The standard InChI is InChI=1S/C10H22O3/c1-7-8(11)10(5,6)13-12-9(2,3)4/h8,11H,7H2,1-6H3. The van der Waals surface area contributed by atoms with Gasteiger partial charge in [-0.25, -0.2) is 9.78 Å². The first kappa shape index (κ1) is 12.9. The topological polar surface area (TPSA) is 38.7 Å². The normalized spacial score (nSPS) is 15.9. The molecule has 0 heterocycles. The highest BCUT2D eigenvalue weighted by Gasteiger charge is 2.30. The van der Waals surface area contributed by atoms with Gasteiger partial charge < -0.3 is 5.11 Å². The van der Waals surface area contributed by atoms with Crippen molar-refractivity contribution in [2.45, 2.75) is 65.3 Å². The van der Waals surface area contributed by atoms with E-state index in [1.807, 2.05) is 41.5 Å². The summed E-state index contributed by atoms with van der Waals surface area (Å²) in [7, 11) is 0. The Morgan fingerprint density at radius 3 is 1.85 bits per heavy atom. The van der Waals surface area contributed by atoms with Gasteiger partial charge in [0.25, 0.3) is 0 Å². The van der Waals surface area contributed by atoms with Crippen LogP contribution in [0.5, 0.6) is 0 Å². The molecule has 13 heavy (non-hydrogen) atoms. The number of aliphatic hydroxyl groups excluding tert-OH is 1. The Labute approximate surface area is 81.0 Å². The van der Waals surface area contributed by atoms with Crippen LogP contribution in [0, 0.1) is 0 Å². The van der Waals surface area contributed by atoms with Crippen molar-refractivity contribution in [2.24, 2.45) is 0 Å². The molecule has 1 unspecified atom stereocenters. The molecular weight excluding hydrogens is 168 g/mol. The van der Waals surface area contributed by atoms with Gasteiger partial charge in [0.05, 0.1) is 11.7 Å². The maximum atomic E-state index is 9.58. The van der Waals surface area contributed by atoms with E-state index in [1.165, 1.54) is 0 Å². The molecule has 0 fully saturated rings. The lowest BCUT2D eigenvalue weighted by Gasteiger charge is -2.31. The van der Waals surface area contributed by atoms with E-state index >= 15 is 0 Å². The molecular formula is C10H22O3. The molecule has 0 saturated carbocycles. The fourth-order valence-corrected chi connectivity index (χ4v) is 0.780. The van der Waals surface area contributed by atoms with Gasteiger partial charge in [-0.15, -0.1) is 0 Å². The quantitative estimate of drug-likeness (QED) is 0.546. The Balaban J connectivity index is 4.03. The average Bonchev–Trinajstić information content (AvgIpc) is 1.98. The molecule has 0 aromatic rings. The molecule has 1 atom stereocenters. The summed E-state index contributed by atoms with van der Waals surface area (Å²) in [5, 5.41) is 9.58. The lowest BCUT2D eigenvalue weighted by Crippen LogP contribution is -2.40. The van der Waals surface area contributed by atoms with E-state index in [-0.39, 0.29) is 5.60 Å². The van der Waals surface area contributed by atoms with Crippen LogP contribution < -0.4 is 0 Å². The maximum absolute atomic E-state index is 9.58. The van der Waals surface area contributed by atoms with Crippen LogP contribution in [0.1, 0.15) is 48.0 Å². The lowest BCUT2D eigenvalue weighted by atomic mass is 10.0. The Hall–Kier alpha value is -0.120. The fourth-order valence-electron chi connectivity index (χ4n) is 0.780. The smallest absolute Gasteiger partial charge is 0.124 e. The van der Waals surface area contributed by atoms with Crippen LogP contribution in [-0.2, 0) is 9.78 Å². The molecule has 3 heteroatoms. The molecule has 0 aliphatic heterocycles. The summed E-state index contributed by atoms with van der Waals surface area (Å²) in [6, 6.07) is 0. The highest BCUT2D eigenvalue weighted by atomic mass is 17.2. The van der Waals surface area contributed by atoms with Gasteiger partial charge in [-0.3, -0.25) is 0 Å². The van der Waals surface area contributed by atoms with Crippen molar-refractivity contribution in [3.63, 3.8) is 0 Å². The minimum absolute atomic E-state index is 0.343. The van der Waals surface area contributed by atoms with Crippen LogP contribution in [0.2, 0.25) is 0 Å². The Morgan fingerprint density at radius 1 is 1.08 bits per heavy atom. The largest absolute Gasteiger partial charge is 0.390 e. The van der Waals surface area contributed by atoms with Crippen molar-refractivity contribution < 1.29 is 14.9 Å². The third-order valence-electron chi connectivity index (χ3n) is 1.70. The van der Waals surface area contributed by atoms with Gasteiger partial charge in [-0.1, -0.05) is 6.92 Å². The molecule has 0 saturated heterocycles. The van der Waals surface area contributed by atoms with E-state index in [1.54, 1.807) is 0 Å². The summed E-state index contributed by atoms with van der Waals surface area (Å²) < 4.78 is 0. The number of hydrogen-bond acceptors (Lipinski definition) is 3. The number of aliphatic hydroxyl groups is 1. The van der Waals surface area contributed by atoms with Gasteiger partial charge in [0.1, 0.15) is 5.60 Å². The minimum Gasteiger partial charge on any atom is -0.390 e. The first-order chi connectivity index (χ1) is 5.69. The van der Waals surface area contributed by atoms with Crippen molar-refractivity contribution in [3.05, 3.63) is 0 Å². The van der Waals surface area contributed by atoms with Crippen molar-refractivity contribution >= 4 is 0 Å². The van der Waals surface area contributed by atoms with Gasteiger partial charge in [-0.05, 0) is 41.0 Å². The van der Waals surface area contributed by atoms with Crippen molar-refractivity contribution in [2.75, 3.05) is 0 Å². The first-order valence-electron chi connectivity index (χ1n) is 4.74. The molecule has 0 bridgehead atoms. The van der Waals surface area contributed by atoms with Crippen molar-refractivity contribution in [1.82, 2.24) is 0 Å². The van der Waals surface area contributed by atoms with E-state index in [0.29, 0.717) is 6.42 Å². The zero-order valence-electron chi connectivity index (χ0n) is 9.55. The molecule has 1 N–H and O–H groups in total. The van der Waals surface area contributed by atoms with E-state index < -0.39 is 11.7 Å². The Bertz CT molecular complexity index is 147. The molecule has 0 aliphatic carbocycles. The zero-order chi connectivity index (χ0) is 10.7. The SMILES string of the molecule is CCC(O)C(C)(C)OOC(C)(C)C. The summed E-state index contributed by atoms with van der Waals surface area (Å²) in [4.78, 5) is 10.4. The molecule has 0 amide bonds. The van der Waals surface area contributed by atoms with Crippen molar-refractivity contribution in [3.8, 4) is 0 Å². The van der Waals surface area contributed by atoms with Crippen LogP contribution in [0.15, 0.2) is 0 Å². The monoisotopic (exact) mass is 190 g/mol. The van der Waals surface area contributed by atoms with Crippen LogP contribution >= 0.6 is 0 Å². The highest BCUT2D eigenvalue weighted by molar-refractivity contribution is 4.76. The minimum atomic E-state index is -0.651. The second-order valence-electron chi connectivity index (χ2n) is 4.81. The first-order valence-corrected chi connectivity index (χ1v) is 4.74. The average molecular weight is 190 g/mol. The van der Waals surface area contributed by atoms with E-state index in [9.17, 15) is 5.11 Å². The predicted octanol–water partition coefficient (Wildman–Crippen LogP) is 2.28. The third-order valence-corrected chi connectivity index (χ3v) is 1.70. The van der Waals surface area contributed by atoms with Gasteiger partial charge in [-0.2, -0.15) is 0 Å². The molecule has 0 rings (SSSR count). The molecule has 80 valence electrons. The predicted molar refractivity (Wildman–Crippen MR) is 52.3 cm³/mol. The highest BCUT2D eigenvalue weighted by Crippen LogP contribution is 2.21. The summed E-state index contributed by atoms with van der Waals surface area (Å²) in [6.07, 6.45) is 0.149. The second kappa shape index (κ2) is 4.40. The molecule has 3 nitrogen and oxygen atoms in total. The van der Waals surface area contributed by atoms with Gasteiger partial charge >= 0.3 is 0 Å². The van der Waals surface area contributed by atoms with Crippen LogP contribution in [0.4, 0.5) is 0 Å². The van der Waals surface area contributed by atoms with E-state index in [0.717, 1.165) is 0 Å². The zero-order valence-corrected chi connectivity index (χ0v) is 9.55. The van der Waals surface area contributed by atoms with Crippen molar-refractivity contribution in [1.29, 1.82) is 0 Å². The summed E-state index contributed by atoms with van der Waals surface area (Å²) in [5.41, 5.74) is -0.993. The second-order valence-corrected chi connectivity index (χ2v) is 4.81. The lowest BCUT2D eigenvalue weighted by molar-refractivity contribution is -0.409. The molecule has 0 aliphatic rings. The molecule has 0 radical (unpaired) electrons. The molecule has 0 aromatic heterocycles. The summed E-state index contributed by atoms with van der Waals surface area (Å²) in [5.74, 6) is 0. The molecule has 0 aromatic carbocycles. The van der Waals surface area contributed by atoms with Crippen LogP contribution in [-0.4, -0.2) is 22.4 Å². The Kier molecular flexibility index (Phi) is 4.36. The number of hydrogen-bond donors (Lipinski definition) is 1. The van der Waals surface area contributed by atoms with Crippen LogP contribution in [0.3, 0.4) is 0 Å². The number of rotatable bonds is 4. The summed E-state index contributed by atoms with van der Waals surface area (Å²) >= 11 is 0.